The molecule has 158 valence electrons. The SMILES string of the molecule is C[C@@]1(F)C[C@]2(F)COC[C@]2(c2cc(NC(=O)c3ccc(Cl)cn3)ccc2F)N=C1N. The lowest BCUT2D eigenvalue weighted by Gasteiger charge is -2.43. The molecule has 0 spiro atoms. The van der Waals surface area contributed by atoms with Crippen molar-refractivity contribution in [3.63, 3.8) is 0 Å². The molecule has 1 saturated heterocycles. The Kier molecular flexibility index (Phi) is 4.78. The van der Waals surface area contributed by atoms with Crippen molar-refractivity contribution in [2.24, 2.45) is 10.7 Å². The molecule has 4 rings (SSSR count). The van der Waals surface area contributed by atoms with Crippen LogP contribution in [-0.2, 0) is 10.3 Å². The first-order valence-corrected chi connectivity index (χ1v) is 9.48. The Bertz CT molecular complexity index is 1050. The molecule has 0 aliphatic carbocycles. The molecule has 3 heterocycles. The number of aromatic nitrogens is 1. The van der Waals surface area contributed by atoms with Gasteiger partial charge in [0.15, 0.2) is 16.9 Å². The van der Waals surface area contributed by atoms with Gasteiger partial charge in [0.05, 0.1) is 18.2 Å². The van der Waals surface area contributed by atoms with Gasteiger partial charge in [-0.3, -0.25) is 9.79 Å². The van der Waals surface area contributed by atoms with E-state index in [4.69, 9.17) is 22.1 Å². The average Bonchev–Trinajstić information content (AvgIpc) is 2.99. The van der Waals surface area contributed by atoms with E-state index in [0.717, 1.165) is 13.0 Å². The van der Waals surface area contributed by atoms with Crippen LogP contribution < -0.4 is 11.1 Å². The van der Waals surface area contributed by atoms with Crippen molar-refractivity contribution in [1.82, 2.24) is 4.98 Å². The number of fused-ring (bicyclic) bond motifs is 1. The second-order valence-corrected chi connectivity index (χ2v) is 8.14. The molecule has 3 N–H and O–H groups in total. The second kappa shape index (κ2) is 6.95. The fraction of sp³-hybridized carbons (Fsp3) is 0.350. The van der Waals surface area contributed by atoms with Crippen molar-refractivity contribution in [3.05, 3.63) is 58.6 Å². The fourth-order valence-electron chi connectivity index (χ4n) is 3.88. The predicted octanol–water partition coefficient (Wildman–Crippen LogP) is 3.55. The van der Waals surface area contributed by atoms with Crippen LogP contribution in [0.3, 0.4) is 0 Å². The molecule has 1 aromatic carbocycles. The number of pyridine rings is 1. The monoisotopic (exact) mass is 438 g/mol. The molecule has 30 heavy (non-hydrogen) atoms. The van der Waals surface area contributed by atoms with Crippen LogP contribution in [0.5, 0.6) is 0 Å². The Labute approximate surface area is 175 Å². The Balaban J connectivity index is 1.74. The van der Waals surface area contributed by atoms with Crippen LogP contribution in [0.4, 0.5) is 18.9 Å². The van der Waals surface area contributed by atoms with Crippen molar-refractivity contribution in [2.45, 2.75) is 30.2 Å². The number of nitrogens with zero attached hydrogens (tertiary/aromatic N) is 2. The van der Waals surface area contributed by atoms with Crippen LogP contribution in [0.1, 0.15) is 29.4 Å². The van der Waals surface area contributed by atoms with E-state index >= 15 is 4.39 Å². The van der Waals surface area contributed by atoms with Gasteiger partial charge in [-0.2, -0.15) is 0 Å². The molecule has 10 heteroatoms. The first-order valence-electron chi connectivity index (χ1n) is 9.11. The van der Waals surface area contributed by atoms with Gasteiger partial charge in [-0.1, -0.05) is 11.6 Å². The average molecular weight is 439 g/mol. The van der Waals surface area contributed by atoms with E-state index in [0.29, 0.717) is 5.02 Å². The molecule has 0 unspecified atom stereocenters. The Hall–Kier alpha value is -2.65. The molecule has 0 saturated carbocycles. The molecule has 1 fully saturated rings. The Morgan fingerprint density at radius 1 is 1.27 bits per heavy atom. The van der Waals surface area contributed by atoms with Gasteiger partial charge < -0.3 is 15.8 Å². The van der Waals surface area contributed by atoms with E-state index in [1.54, 1.807) is 0 Å². The fourth-order valence-corrected chi connectivity index (χ4v) is 3.99. The van der Waals surface area contributed by atoms with Crippen LogP contribution in [0.15, 0.2) is 41.5 Å². The number of carbonyl (C=O) groups excluding carboxylic acids is 1. The van der Waals surface area contributed by atoms with Gasteiger partial charge in [0.25, 0.3) is 5.91 Å². The molecule has 1 aromatic heterocycles. The number of amides is 1. The number of benzene rings is 1. The highest BCUT2D eigenvalue weighted by Gasteiger charge is 2.65. The number of hydrogen-bond donors (Lipinski definition) is 2. The van der Waals surface area contributed by atoms with Crippen molar-refractivity contribution in [1.29, 1.82) is 0 Å². The number of aliphatic imine (C=N–C) groups is 1. The van der Waals surface area contributed by atoms with Gasteiger partial charge in [-0.05, 0) is 37.3 Å². The highest BCUT2D eigenvalue weighted by atomic mass is 35.5. The largest absolute Gasteiger partial charge is 0.385 e. The van der Waals surface area contributed by atoms with E-state index in [1.807, 2.05) is 0 Å². The molecule has 2 aliphatic rings. The van der Waals surface area contributed by atoms with Gasteiger partial charge in [-0.15, -0.1) is 0 Å². The van der Waals surface area contributed by atoms with Gasteiger partial charge in [0.1, 0.15) is 17.3 Å². The lowest BCUT2D eigenvalue weighted by atomic mass is 9.70. The van der Waals surface area contributed by atoms with E-state index in [9.17, 15) is 13.6 Å². The van der Waals surface area contributed by atoms with Gasteiger partial charge >= 0.3 is 0 Å². The normalized spacial score (nSPS) is 30.5. The van der Waals surface area contributed by atoms with Crippen LogP contribution in [0.25, 0.3) is 0 Å². The van der Waals surface area contributed by atoms with Crippen LogP contribution in [-0.4, -0.2) is 41.3 Å². The van der Waals surface area contributed by atoms with E-state index in [2.05, 4.69) is 15.3 Å². The quantitative estimate of drug-likeness (QED) is 0.767. The third kappa shape index (κ3) is 3.22. The summed E-state index contributed by atoms with van der Waals surface area (Å²) in [5, 5.41) is 2.94. The van der Waals surface area contributed by atoms with Gasteiger partial charge in [-0.25, -0.2) is 18.2 Å². The number of nitrogens with one attached hydrogen (secondary N) is 1. The Morgan fingerprint density at radius 2 is 2.03 bits per heavy atom. The minimum Gasteiger partial charge on any atom is -0.385 e. The maximum atomic E-state index is 15.8. The summed E-state index contributed by atoms with van der Waals surface area (Å²) >= 11 is 5.76. The van der Waals surface area contributed by atoms with Crippen molar-refractivity contribution >= 4 is 29.0 Å². The molecule has 3 atom stereocenters. The smallest absolute Gasteiger partial charge is 0.274 e. The van der Waals surface area contributed by atoms with E-state index in [-0.39, 0.29) is 23.6 Å². The second-order valence-electron chi connectivity index (χ2n) is 7.70. The highest BCUT2D eigenvalue weighted by Crippen LogP contribution is 2.53. The van der Waals surface area contributed by atoms with E-state index in [1.165, 1.54) is 30.5 Å². The van der Waals surface area contributed by atoms with Crippen molar-refractivity contribution in [2.75, 3.05) is 18.5 Å². The minimum atomic E-state index is -2.30. The molecule has 2 aromatic rings. The molecule has 0 radical (unpaired) electrons. The van der Waals surface area contributed by atoms with Crippen molar-refractivity contribution < 1.29 is 22.7 Å². The summed E-state index contributed by atoms with van der Waals surface area (Å²) < 4.78 is 50.6. The third-order valence-corrected chi connectivity index (χ3v) is 5.69. The predicted molar refractivity (Wildman–Crippen MR) is 106 cm³/mol. The zero-order valence-corrected chi connectivity index (χ0v) is 16.6. The summed E-state index contributed by atoms with van der Waals surface area (Å²) in [6.07, 6.45) is 0.687. The molecule has 0 bridgehead atoms. The molecule has 2 aliphatic heterocycles. The number of nitrogens with two attached hydrogens (primary N) is 1. The summed E-state index contributed by atoms with van der Waals surface area (Å²) in [4.78, 5) is 20.4. The number of carbonyl (C=O) groups is 1. The molecule has 1 amide bonds. The van der Waals surface area contributed by atoms with Crippen molar-refractivity contribution in [3.8, 4) is 0 Å². The highest BCUT2D eigenvalue weighted by molar-refractivity contribution is 6.30. The summed E-state index contributed by atoms with van der Waals surface area (Å²) in [5.74, 6) is -1.77. The zero-order chi connectivity index (χ0) is 21.7. The molecular formula is C20H18ClF3N4O2. The number of amidine groups is 1. The van der Waals surface area contributed by atoms with E-state index < -0.39 is 47.5 Å². The van der Waals surface area contributed by atoms with Crippen LogP contribution in [0, 0.1) is 5.82 Å². The Morgan fingerprint density at radius 3 is 2.73 bits per heavy atom. The first kappa shape index (κ1) is 20.6. The summed E-state index contributed by atoms with van der Waals surface area (Å²) in [7, 11) is 0. The maximum Gasteiger partial charge on any atom is 0.274 e. The minimum absolute atomic E-state index is 0.0839. The number of rotatable bonds is 3. The number of halogens is 4. The number of anilines is 1. The summed E-state index contributed by atoms with van der Waals surface area (Å²) in [5.41, 5.74) is -0.512. The maximum absolute atomic E-state index is 15.8. The molecular weight excluding hydrogens is 421 g/mol. The van der Waals surface area contributed by atoms with Gasteiger partial charge in [0, 0.05) is 23.9 Å². The summed E-state index contributed by atoms with van der Waals surface area (Å²) in [6, 6.07) is 6.56. The lowest BCUT2D eigenvalue weighted by Crippen LogP contribution is -2.58. The summed E-state index contributed by atoms with van der Waals surface area (Å²) in [6.45, 7) is 0.364. The number of hydrogen-bond acceptors (Lipinski definition) is 5. The third-order valence-electron chi connectivity index (χ3n) is 5.47. The topological polar surface area (TPSA) is 89.6 Å². The van der Waals surface area contributed by atoms with Gasteiger partial charge in [0.2, 0.25) is 0 Å². The first-order chi connectivity index (χ1) is 14.1. The number of alkyl halides is 2. The lowest BCUT2D eigenvalue weighted by molar-refractivity contribution is 0.0234. The zero-order valence-electron chi connectivity index (χ0n) is 15.9. The van der Waals surface area contributed by atoms with Crippen LogP contribution in [0.2, 0.25) is 5.02 Å². The standard InChI is InChI=1S/C20H18ClF3N4O2/c1-18(23)8-19(24)9-30-10-20(19,28-17(18)25)13-6-12(3-4-14(13)22)27-16(29)15-5-2-11(21)7-26-15/h2-7H,8-10H2,1H3,(H2,25,28)(H,27,29)/t18-,19+,20-/m1/s1. The molecule has 6 nitrogen and oxygen atoms in total. The van der Waals surface area contributed by atoms with Crippen LogP contribution >= 0.6 is 11.6 Å². The number of ether oxygens (including phenoxy) is 1.